The zero-order chi connectivity index (χ0) is 21.0. The lowest BCUT2D eigenvalue weighted by molar-refractivity contribution is -0.117. The van der Waals surface area contributed by atoms with Crippen LogP contribution in [0.4, 0.5) is 10.5 Å². The molecule has 2 heterocycles. The molecule has 8 nitrogen and oxygen atoms in total. The van der Waals surface area contributed by atoms with Gasteiger partial charge in [-0.25, -0.2) is 4.79 Å². The summed E-state index contributed by atoms with van der Waals surface area (Å²) in [5.41, 5.74) is 1.72. The molecule has 0 aromatic heterocycles. The second-order valence-electron chi connectivity index (χ2n) is 8.43. The van der Waals surface area contributed by atoms with Crippen molar-refractivity contribution < 1.29 is 14.3 Å². The number of nitrogens with zero attached hydrogens (tertiary/aromatic N) is 3. The molecule has 0 saturated carbocycles. The number of guanidine groups is 1. The predicted molar refractivity (Wildman–Crippen MR) is 129 cm³/mol. The molecule has 1 fully saturated rings. The lowest BCUT2D eigenvalue weighted by Crippen LogP contribution is -2.63. The first-order valence-corrected chi connectivity index (χ1v) is 10.1. The summed E-state index contributed by atoms with van der Waals surface area (Å²) < 4.78 is 5.36. The topological polar surface area (TPSA) is 86.3 Å². The average Bonchev–Trinajstić information content (AvgIpc) is 2.64. The highest BCUT2D eigenvalue weighted by atomic mass is 127. The van der Waals surface area contributed by atoms with E-state index in [-0.39, 0.29) is 48.6 Å². The van der Waals surface area contributed by atoms with Crippen LogP contribution in [0.15, 0.2) is 29.3 Å². The van der Waals surface area contributed by atoms with Crippen molar-refractivity contribution in [1.29, 1.82) is 0 Å². The fraction of sp³-hybridized carbons (Fsp3) is 0.571. The first-order valence-electron chi connectivity index (χ1n) is 10.1. The smallest absolute Gasteiger partial charge is 0.410 e. The highest BCUT2D eigenvalue weighted by Crippen LogP contribution is 2.26. The molecule has 2 aliphatic heterocycles. The molecule has 0 aliphatic carbocycles. The van der Waals surface area contributed by atoms with Gasteiger partial charge in [-0.1, -0.05) is 18.2 Å². The SMILES string of the molecule is CN=C(NCC(=O)N1CCCc2ccccc21)NC1CN(C(=O)OC(C)(C)C)C1.I. The van der Waals surface area contributed by atoms with Gasteiger partial charge in [-0.2, -0.15) is 0 Å². The molecule has 2 N–H and O–H groups in total. The van der Waals surface area contributed by atoms with Crippen molar-refractivity contribution in [2.45, 2.75) is 45.3 Å². The Morgan fingerprint density at radius 3 is 2.60 bits per heavy atom. The number of para-hydroxylation sites is 1. The number of amides is 2. The number of carbonyl (C=O) groups excluding carboxylic acids is 2. The summed E-state index contributed by atoms with van der Waals surface area (Å²) in [4.78, 5) is 32.4. The maximum Gasteiger partial charge on any atom is 0.410 e. The maximum absolute atomic E-state index is 12.7. The molecule has 0 atom stereocenters. The molecule has 1 aromatic rings. The van der Waals surface area contributed by atoms with Gasteiger partial charge in [0, 0.05) is 32.4 Å². The summed E-state index contributed by atoms with van der Waals surface area (Å²) >= 11 is 0. The second kappa shape index (κ2) is 10.3. The third kappa shape index (κ3) is 6.23. The number of hydrogen-bond donors (Lipinski definition) is 2. The number of carbonyl (C=O) groups is 2. The van der Waals surface area contributed by atoms with Crippen LogP contribution in [0.1, 0.15) is 32.8 Å². The molecule has 0 radical (unpaired) electrons. The molecule has 166 valence electrons. The summed E-state index contributed by atoms with van der Waals surface area (Å²) in [6, 6.07) is 8.13. The second-order valence-corrected chi connectivity index (χ2v) is 8.43. The summed E-state index contributed by atoms with van der Waals surface area (Å²) in [7, 11) is 1.67. The number of ether oxygens (including phenoxy) is 1. The Balaban J connectivity index is 0.00000320. The Bertz CT molecular complexity index is 787. The number of rotatable bonds is 3. The highest BCUT2D eigenvalue weighted by molar-refractivity contribution is 14.0. The van der Waals surface area contributed by atoms with Crippen LogP contribution in [0, 0.1) is 0 Å². The molecule has 2 amide bonds. The van der Waals surface area contributed by atoms with E-state index in [4.69, 9.17) is 4.74 Å². The monoisotopic (exact) mass is 529 g/mol. The molecule has 3 rings (SSSR count). The number of likely N-dealkylation sites (tertiary alicyclic amines) is 1. The van der Waals surface area contributed by atoms with Crippen molar-refractivity contribution in [3.63, 3.8) is 0 Å². The standard InChI is InChI=1S/C21H31N5O3.HI/c1-21(2,3)29-20(28)25-13-16(14-25)24-19(22-4)23-12-18(27)26-11-7-9-15-8-5-6-10-17(15)26;/h5-6,8,10,16H,7,9,11-14H2,1-4H3,(H2,22,23,24);1H. The molecular weight excluding hydrogens is 497 g/mol. The number of anilines is 1. The minimum Gasteiger partial charge on any atom is -0.444 e. The van der Waals surface area contributed by atoms with Gasteiger partial charge in [0.25, 0.3) is 0 Å². The summed E-state index contributed by atoms with van der Waals surface area (Å²) in [6.45, 7) is 7.54. The van der Waals surface area contributed by atoms with E-state index in [1.165, 1.54) is 5.56 Å². The number of nitrogens with one attached hydrogen (secondary N) is 2. The molecule has 0 unspecified atom stereocenters. The van der Waals surface area contributed by atoms with Crippen molar-refractivity contribution in [1.82, 2.24) is 15.5 Å². The number of fused-ring (bicyclic) bond motifs is 1. The van der Waals surface area contributed by atoms with Crippen molar-refractivity contribution in [2.75, 3.05) is 38.1 Å². The minimum absolute atomic E-state index is 0. The van der Waals surface area contributed by atoms with E-state index in [9.17, 15) is 9.59 Å². The van der Waals surface area contributed by atoms with Crippen LogP contribution in [-0.2, 0) is 16.0 Å². The fourth-order valence-electron chi connectivity index (χ4n) is 3.48. The van der Waals surface area contributed by atoms with Gasteiger partial charge in [-0.05, 0) is 45.2 Å². The maximum atomic E-state index is 12.7. The molecule has 0 spiro atoms. The third-order valence-corrected chi connectivity index (χ3v) is 4.92. The van der Waals surface area contributed by atoms with Gasteiger partial charge in [-0.15, -0.1) is 24.0 Å². The number of aryl methyl sites for hydroxylation is 1. The van der Waals surface area contributed by atoms with Gasteiger partial charge < -0.3 is 25.2 Å². The Labute approximate surface area is 195 Å². The van der Waals surface area contributed by atoms with Crippen LogP contribution in [0.3, 0.4) is 0 Å². The summed E-state index contributed by atoms with van der Waals surface area (Å²) in [5.74, 6) is 0.571. The Kier molecular flexibility index (Phi) is 8.34. The molecule has 9 heteroatoms. The Morgan fingerprint density at radius 2 is 1.93 bits per heavy atom. The average molecular weight is 529 g/mol. The van der Waals surface area contributed by atoms with Gasteiger partial charge in [0.1, 0.15) is 5.60 Å². The number of halogens is 1. The van der Waals surface area contributed by atoms with E-state index in [0.717, 1.165) is 25.1 Å². The van der Waals surface area contributed by atoms with E-state index in [1.54, 1.807) is 11.9 Å². The lowest BCUT2D eigenvalue weighted by atomic mass is 10.0. The van der Waals surface area contributed by atoms with Gasteiger partial charge >= 0.3 is 6.09 Å². The van der Waals surface area contributed by atoms with Crippen LogP contribution < -0.4 is 15.5 Å². The van der Waals surface area contributed by atoms with Crippen molar-refractivity contribution >= 4 is 47.6 Å². The lowest BCUT2D eigenvalue weighted by Gasteiger charge is -2.40. The first kappa shape index (κ1) is 24.2. The fourth-order valence-corrected chi connectivity index (χ4v) is 3.48. The predicted octanol–water partition coefficient (Wildman–Crippen LogP) is 2.37. The molecule has 1 aromatic carbocycles. The Hall–Kier alpha value is -2.04. The van der Waals surface area contributed by atoms with E-state index in [1.807, 2.05) is 43.9 Å². The molecule has 1 saturated heterocycles. The van der Waals surface area contributed by atoms with Crippen LogP contribution >= 0.6 is 24.0 Å². The molecule has 2 aliphatic rings. The summed E-state index contributed by atoms with van der Waals surface area (Å²) in [5, 5.41) is 6.34. The van der Waals surface area contributed by atoms with Crippen molar-refractivity contribution in [3.8, 4) is 0 Å². The van der Waals surface area contributed by atoms with Crippen LogP contribution in [-0.4, -0.2) is 67.7 Å². The number of hydrogen-bond acceptors (Lipinski definition) is 4. The van der Waals surface area contributed by atoms with Crippen LogP contribution in [0.5, 0.6) is 0 Å². The van der Waals surface area contributed by atoms with Gasteiger partial charge in [0.15, 0.2) is 5.96 Å². The van der Waals surface area contributed by atoms with E-state index < -0.39 is 5.60 Å². The first-order chi connectivity index (χ1) is 13.8. The quantitative estimate of drug-likeness (QED) is 0.357. The van der Waals surface area contributed by atoms with E-state index >= 15 is 0 Å². The van der Waals surface area contributed by atoms with Crippen LogP contribution in [0.2, 0.25) is 0 Å². The zero-order valence-electron chi connectivity index (χ0n) is 18.1. The van der Waals surface area contributed by atoms with E-state index in [2.05, 4.69) is 21.7 Å². The van der Waals surface area contributed by atoms with Gasteiger partial charge in [0.2, 0.25) is 5.91 Å². The van der Waals surface area contributed by atoms with Crippen LogP contribution in [0.25, 0.3) is 0 Å². The van der Waals surface area contributed by atoms with Crippen molar-refractivity contribution in [3.05, 3.63) is 29.8 Å². The zero-order valence-corrected chi connectivity index (χ0v) is 20.4. The van der Waals surface area contributed by atoms with Gasteiger partial charge in [0.05, 0.1) is 12.6 Å². The number of aliphatic imine (C=N–C) groups is 1. The van der Waals surface area contributed by atoms with E-state index in [0.29, 0.717) is 19.0 Å². The molecule has 30 heavy (non-hydrogen) atoms. The van der Waals surface area contributed by atoms with Gasteiger partial charge in [-0.3, -0.25) is 9.79 Å². The minimum atomic E-state index is -0.499. The highest BCUT2D eigenvalue weighted by Gasteiger charge is 2.34. The Morgan fingerprint density at radius 1 is 1.23 bits per heavy atom. The molecule has 0 bridgehead atoms. The largest absolute Gasteiger partial charge is 0.444 e. The molecular formula is C21H32IN5O3. The third-order valence-electron chi connectivity index (χ3n) is 4.92. The normalized spacial score (nSPS) is 16.7. The summed E-state index contributed by atoms with van der Waals surface area (Å²) in [6.07, 6.45) is 1.67. The van der Waals surface area contributed by atoms with Crippen molar-refractivity contribution in [2.24, 2.45) is 4.99 Å². The number of benzene rings is 1.